The topological polar surface area (TPSA) is 50.1 Å². The summed E-state index contributed by atoms with van der Waals surface area (Å²) in [6.45, 7) is 11.2. The molecule has 1 amide bonds. The van der Waals surface area contributed by atoms with Crippen LogP contribution in [0.4, 0.5) is 0 Å². The van der Waals surface area contributed by atoms with Gasteiger partial charge in [-0.2, -0.15) is 5.10 Å². The Balaban J connectivity index is 2.03. The van der Waals surface area contributed by atoms with Crippen LogP contribution in [0.2, 0.25) is 0 Å². The van der Waals surface area contributed by atoms with E-state index in [4.69, 9.17) is 9.84 Å². The molecule has 3 rings (SSSR count). The van der Waals surface area contributed by atoms with Gasteiger partial charge in [-0.25, -0.2) is 4.52 Å². The highest BCUT2D eigenvalue weighted by Gasteiger charge is 2.19. The summed E-state index contributed by atoms with van der Waals surface area (Å²) in [7, 11) is 5.76. The first kappa shape index (κ1) is 27.5. The number of hydrogen-bond acceptors (Lipinski definition) is 4. The first-order chi connectivity index (χ1) is 17.2. The monoisotopic (exact) mass is 490 g/mol. The Labute approximate surface area is 216 Å². The van der Waals surface area contributed by atoms with Crippen molar-refractivity contribution in [1.82, 2.24) is 19.4 Å². The Morgan fingerprint density at radius 3 is 2.22 bits per heavy atom. The maximum atomic E-state index is 13.6. The van der Waals surface area contributed by atoms with Crippen molar-refractivity contribution in [3.05, 3.63) is 59.8 Å². The molecule has 0 bridgehead atoms. The van der Waals surface area contributed by atoms with Crippen molar-refractivity contribution in [2.45, 2.75) is 40.5 Å². The average Bonchev–Trinajstić information content (AvgIpc) is 3.21. The van der Waals surface area contributed by atoms with Gasteiger partial charge >= 0.3 is 0 Å². The minimum absolute atomic E-state index is 0.0919. The van der Waals surface area contributed by atoms with E-state index < -0.39 is 0 Å². The lowest BCUT2D eigenvalue weighted by molar-refractivity contribution is 0.0741. The number of pyridine rings is 1. The van der Waals surface area contributed by atoms with Crippen molar-refractivity contribution in [2.24, 2.45) is 11.8 Å². The molecule has 0 fully saturated rings. The molecule has 0 aliphatic rings. The largest absolute Gasteiger partial charge is 0.497 e. The molecule has 2 heterocycles. The highest BCUT2D eigenvalue weighted by Crippen LogP contribution is 2.29. The van der Waals surface area contributed by atoms with E-state index in [0.717, 1.165) is 60.6 Å². The molecule has 3 aromatic rings. The quantitative estimate of drug-likeness (QED) is 0.307. The van der Waals surface area contributed by atoms with Crippen molar-refractivity contribution in [2.75, 3.05) is 40.8 Å². The molecule has 0 saturated carbocycles. The second-order valence-corrected chi connectivity index (χ2v) is 10.6. The van der Waals surface area contributed by atoms with Crippen LogP contribution in [0.25, 0.3) is 22.9 Å². The number of carbonyl (C=O) groups excluding carboxylic acids is 1. The summed E-state index contributed by atoms with van der Waals surface area (Å²) in [4.78, 5) is 17.8. The fraction of sp³-hybridized carbons (Fsp3) is 0.467. The van der Waals surface area contributed by atoms with E-state index in [-0.39, 0.29) is 5.91 Å². The minimum Gasteiger partial charge on any atom is -0.497 e. The van der Waals surface area contributed by atoms with Crippen LogP contribution in [0, 0.1) is 11.8 Å². The Morgan fingerprint density at radius 2 is 1.67 bits per heavy atom. The van der Waals surface area contributed by atoms with E-state index in [1.54, 1.807) is 7.11 Å². The third-order valence-corrected chi connectivity index (χ3v) is 6.28. The van der Waals surface area contributed by atoms with Crippen molar-refractivity contribution in [3.63, 3.8) is 0 Å². The molecule has 36 heavy (non-hydrogen) atoms. The lowest BCUT2D eigenvalue weighted by atomic mass is 10.0. The molecule has 0 saturated heterocycles. The summed E-state index contributed by atoms with van der Waals surface area (Å²) in [5, 5.41) is 4.89. The number of methoxy groups -OCH3 is 1. The number of aromatic nitrogens is 2. The van der Waals surface area contributed by atoms with E-state index in [9.17, 15) is 4.79 Å². The molecule has 0 unspecified atom stereocenters. The summed E-state index contributed by atoms with van der Waals surface area (Å²) in [5.74, 6) is 2.01. The molecule has 194 valence electrons. The van der Waals surface area contributed by atoms with Gasteiger partial charge in [-0.3, -0.25) is 4.79 Å². The Kier molecular flexibility index (Phi) is 9.71. The molecule has 2 aromatic heterocycles. The van der Waals surface area contributed by atoms with Gasteiger partial charge < -0.3 is 14.5 Å². The van der Waals surface area contributed by atoms with Crippen LogP contribution >= 0.6 is 0 Å². The normalized spacial score (nSPS) is 11.9. The van der Waals surface area contributed by atoms with E-state index in [0.29, 0.717) is 17.4 Å². The number of amides is 1. The standard InChI is InChI=1S/C30H42N4O2/c1-22(2)14-18-33(19-15-23(3)4)30(35)25-16-20-34-28(21-25)27(9-8-17-32(5)6)29(31-34)24-10-12-26(36-7)13-11-24/h8-13,16,20-23H,14-15,17-19H2,1-7H3. The Hall–Kier alpha value is -3.12. The molecule has 1 aromatic carbocycles. The Bertz CT molecular complexity index is 1150. The maximum Gasteiger partial charge on any atom is 0.253 e. The predicted molar refractivity (Wildman–Crippen MR) is 150 cm³/mol. The van der Waals surface area contributed by atoms with Crippen LogP contribution in [0.1, 0.15) is 56.5 Å². The van der Waals surface area contributed by atoms with E-state index >= 15 is 0 Å². The first-order valence-electron chi connectivity index (χ1n) is 13.0. The maximum absolute atomic E-state index is 13.6. The molecule has 6 nitrogen and oxygen atoms in total. The van der Waals surface area contributed by atoms with Gasteiger partial charge in [0.25, 0.3) is 5.91 Å². The number of benzene rings is 1. The van der Waals surface area contributed by atoms with Crippen LogP contribution < -0.4 is 4.74 Å². The fourth-order valence-electron chi connectivity index (χ4n) is 4.03. The SMILES string of the molecule is COc1ccc(-c2nn3ccc(C(=O)N(CCC(C)C)CCC(C)C)cc3c2C=CCN(C)C)cc1. The lowest BCUT2D eigenvalue weighted by Crippen LogP contribution is -2.34. The number of likely N-dealkylation sites (N-methyl/N-ethyl adjacent to an activating group) is 1. The van der Waals surface area contributed by atoms with E-state index in [1.807, 2.05) is 66.1 Å². The number of nitrogens with zero attached hydrogens (tertiary/aromatic N) is 4. The fourth-order valence-corrected chi connectivity index (χ4v) is 4.03. The molecule has 0 spiro atoms. The van der Waals surface area contributed by atoms with Crippen LogP contribution in [0.5, 0.6) is 5.75 Å². The zero-order valence-electron chi connectivity index (χ0n) is 23.0. The molecular formula is C30H42N4O2. The third kappa shape index (κ3) is 7.20. The summed E-state index contributed by atoms with van der Waals surface area (Å²) >= 11 is 0. The zero-order chi connectivity index (χ0) is 26.2. The first-order valence-corrected chi connectivity index (χ1v) is 13.0. The van der Waals surface area contributed by atoms with Crippen LogP contribution in [-0.2, 0) is 0 Å². The van der Waals surface area contributed by atoms with E-state index in [1.165, 1.54) is 0 Å². The van der Waals surface area contributed by atoms with Gasteiger partial charge in [0.2, 0.25) is 0 Å². The lowest BCUT2D eigenvalue weighted by Gasteiger charge is -2.24. The molecule has 0 atom stereocenters. The third-order valence-electron chi connectivity index (χ3n) is 6.28. The highest BCUT2D eigenvalue weighted by molar-refractivity contribution is 5.96. The second-order valence-electron chi connectivity index (χ2n) is 10.6. The summed E-state index contributed by atoms with van der Waals surface area (Å²) in [6, 6.07) is 11.8. The van der Waals surface area contributed by atoms with Gasteiger partial charge in [0.15, 0.2) is 0 Å². The summed E-state index contributed by atoms with van der Waals surface area (Å²) in [6.07, 6.45) is 8.15. The highest BCUT2D eigenvalue weighted by atomic mass is 16.5. The summed E-state index contributed by atoms with van der Waals surface area (Å²) in [5.41, 5.74) is 4.53. The number of carbonyl (C=O) groups is 1. The van der Waals surface area contributed by atoms with Crippen LogP contribution in [0.3, 0.4) is 0 Å². The van der Waals surface area contributed by atoms with Crippen molar-refractivity contribution < 1.29 is 9.53 Å². The molecule has 0 N–H and O–H groups in total. The second kappa shape index (κ2) is 12.7. The van der Waals surface area contributed by atoms with Gasteiger partial charge in [0.05, 0.1) is 12.6 Å². The smallest absolute Gasteiger partial charge is 0.253 e. The van der Waals surface area contributed by atoms with Crippen LogP contribution in [-0.4, -0.2) is 66.2 Å². The van der Waals surface area contributed by atoms with Crippen molar-refractivity contribution in [1.29, 1.82) is 0 Å². The summed E-state index contributed by atoms with van der Waals surface area (Å²) < 4.78 is 7.20. The number of hydrogen-bond donors (Lipinski definition) is 0. The molecule has 0 aliphatic heterocycles. The van der Waals surface area contributed by atoms with Gasteiger partial charge in [-0.15, -0.1) is 0 Å². The van der Waals surface area contributed by atoms with Gasteiger partial charge in [-0.1, -0.05) is 39.8 Å². The van der Waals surface area contributed by atoms with Gasteiger partial charge in [0, 0.05) is 42.5 Å². The van der Waals surface area contributed by atoms with Crippen molar-refractivity contribution >= 4 is 17.5 Å². The molecule has 0 aliphatic carbocycles. The zero-order valence-corrected chi connectivity index (χ0v) is 23.0. The average molecular weight is 491 g/mol. The van der Waals surface area contributed by atoms with Gasteiger partial charge in [0.1, 0.15) is 11.4 Å². The number of rotatable bonds is 12. The predicted octanol–water partition coefficient (Wildman–Crippen LogP) is 6.12. The van der Waals surface area contributed by atoms with E-state index in [2.05, 4.69) is 44.7 Å². The number of fused-ring (bicyclic) bond motifs is 1. The van der Waals surface area contributed by atoms with Crippen LogP contribution in [0.15, 0.2) is 48.7 Å². The number of ether oxygens (including phenoxy) is 1. The van der Waals surface area contributed by atoms with Gasteiger partial charge in [-0.05, 0) is 75.2 Å². The van der Waals surface area contributed by atoms with Crippen molar-refractivity contribution in [3.8, 4) is 17.0 Å². The molecule has 6 heteroatoms. The molecular weight excluding hydrogens is 448 g/mol. The Morgan fingerprint density at radius 1 is 1.03 bits per heavy atom. The minimum atomic E-state index is 0.0919. The molecule has 0 radical (unpaired) electrons.